The van der Waals surface area contributed by atoms with E-state index in [1.165, 1.54) is 13.0 Å². The molecule has 2 rings (SSSR count). The van der Waals surface area contributed by atoms with Gasteiger partial charge in [0.25, 0.3) is 0 Å². The Kier molecular flexibility index (Phi) is 5.55. The number of hydrogen-bond donors (Lipinski definition) is 2. The first-order chi connectivity index (χ1) is 10.1. The standard InChI is InChI=1S/C14H27N7/c1-5-8-21-9-6-11(7-10-21)16-13-17-12(15-2)18-14(19-13)20(3)4/h11H,5-10H2,1-4H3,(H2,15,16,17,18,19). The molecule has 1 aliphatic heterocycles. The van der Waals surface area contributed by atoms with Crippen LogP contribution in [0.1, 0.15) is 26.2 Å². The van der Waals surface area contributed by atoms with Gasteiger partial charge >= 0.3 is 0 Å². The lowest BCUT2D eigenvalue weighted by molar-refractivity contribution is 0.219. The minimum Gasteiger partial charge on any atom is -0.357 e. The highest BCUT2D eigenvalue weighted by Gasteiger charge is 2.19. The molecule has 0 saturated carbocycles. The number of rotatable bonds is 6. The highest BCUT2D eigenvalue weighted by molar-refractivity contribution is 5.43. The Labute approximate surface area is 127 Å². The molecule has 0 aliphatic carbocycles. The Morgan fingerprint density at radius 2 is 1.81 bits per heavy atom. The fourth-order valence-corrected chi connectivity index (χ4v) is 2.54. The zero-order valence-corrected chi connectivity index (χ0v) is 13.6. The Balaban J connectivity index is 1.98. The highest BCUT2D eigenvalue weighted by atomic mass is 15.3. The van der Waals surface area contributed by atoms with Gasteiger partial charge in [0.15, 0.2) is 0 Å². The lowest BCUT2D eigenvalue weighted by atomic mass is 10.1. The smallest absolute Gasteiger partial charge is 0.231 e. The van der Waals surface area contributed by atoms with Gasteiger partial charge in [0, 0.05) is 40.3 Å². The van der Waals surface area contributed by atoms with Crippen LogP contribution >= 0.6 is 0 Å². The molecule has 2 heterocycles. The Morgan fingerprint density at radius 1 is 1.14 bits per heavy atom. The van der Waals surface area contributed by atoms with Gasteiger partial charge in [-0.05, 0) is 25.8 Å². The van der Waals surface area contributed by atoms with Crippen LogP contribution in [0, 0.1) is 0 Å². The van der Waals surface area contributed by atoms with Crippen LogP contribution in [0.25, 0.3) is 0 Å². The fourth-order valence-electron chi connectivity index (χ4n) is 2.54. The molecule has 21 heavy (non-hydrogen) atoms. The number of anilines is 3. The first-order valence-corrected chi connectivity index (χ1v) is 7.72. The fraction of sp³-hybridized carbons (Fsp3) is 0.786. The zero-order chi connectivity index (χ0) is 15.2. The maximum Gasteiger partial charge on any atom is 0.231 e. The molecular weight excluding hydrogens is 266 g/mol. The predicted molar refractivity (Wildman–Crippen MR) is 87.1 cm³/mol. The number of nitrogens with zero attached hydrogens (tertiary/aromatic N) is 5. The van der Waals surface area contributed by atoms with E-state index in [2.05, 4.69) is 37.4 Å². The van der Waals surface area contributed by atoms with Crippen molar-refractivity contribution in [2.75, 3.05) is 56.3 Å². The van der Waals surface area contributed by atoms with Crippen LogP contribution in [0.5, 0.6) is 0 Å². The maximum atomic E-state index is 4.47. The molecule has 1 aliphatic rings. The summed E-state index contributed by atoms with van der Waals surface area (Å²) in [5.74, 6) is 1.92. The maximum absolute atomic E-state index is 4.47. The van der Waals surface area contributed by atoms with Crippen molar-refractivity contribution in [1.29, 1.82) is 0 Å². The molecule has 0 bridgehead atoms. The summed E-state index contributed by atoms with van der Waals surface area (Å²) >= 11 is 0. The van der Waals surface area contributed by atoms with Gasteiger partial charge < -0.3 is 20.4 Å². The summed E-state index contributed by atoms with van der Waals surface area (Å²) < 4.78 is 0. The van der Waals surface area contributed by atoms with Crippen LogP contribution in [0.4, 0.5) is 17.8 Å². The molecule has 0 aromatic carbocycles. The SMILES string of the molecule is CCCN1CCC(Nc2nc(NC)nc(N(C)C)n2)CC1. The van der Waals surface area contributed by atoms with Crippen molar-refractivity contribution in [2.24, 2.45) is 0 Å². The second kappa shape index (κ2) is 7.40. The number of hydrogen-bond acceptors (Lipinski definition) is 7. The van der Waals surface area contributed by atoms with Gasteiger partial charge in [-0.3, -0.25) is 0 Å². The molecule has 2 N–H and O–H groups in total. The summed E-state index contributed by atoms with van der Waals surface area (Å²) in [5, 5.41) is 6.44. The third-order valence-electron chi connectivity index (χ3n) is 3.71. The third kappa shape index (κ3) is 4.42. The normalized spacial score (nSPS) is 16.8. The zero-order valence-electron chi connectivity index (χ0n) is 13.6. The van der Waals surface area contributed by atoms with Crippen LogP contribution in [0.3, 0.4) is 0 Å². The Bertz CT molecular complexity index is 441. The average molecular weight is 293 g/mol. The molecule has 0 radical (unpaired) electrons. The van der Waals surface area contributed by atoms with E-state index >= 15 is 0 Å². The first kappa shape index (κ1) is 15.8. The van der Waals surface area contributed by atoms with Crippen molar-refractivity contribution in [3.05, 3.63) is 0 Å². The van der Waals surface area contributed by atoms with Gasteiger partial charge in [-0.1, -0.05) is 6.92 Å². The van der Waals surface area contributed by atoms with E-state index in [-0.39, 0.29) is 0 Å². The lowest BCUT2D eigenvalue weighted by Crippen LogP contribution is -2.39. The molecule has 0 unspecified atom stereocenters. The molecule has 0 amide bonds. The second-order valence-corrected chi connectivity index (χ2v) is 5.69. The molecule has 7 nitrogen and oxygen atoms in total. The van der Waals surface area contributed by atoms with Gasteiger partial charge in [-0.25, -0.2) is 0 Å². The van der Waals surface area contributed by atoms with Crippen molar-refractivity contribution in [3.63, 3.8) is 0 Å². The van der Waals surface area contributed by atoms with E-state index in [9.17, 15) is 0 Å². The monoisotopic (exact) mass is 293 g/mol. The molecule has 1 fully saturated rings. The van der Waals surface area contributed by atoms with E-state index < -0.39 is 0 Å². The van der Waals surface area contributed by atoms with Crippen molar-refractivity contribution in [2.45, 2.75) is 32.2 Å². The number of aromatic nitrogens is 3. The van der Waals surface area contributed by atoms with E-state index in [0.29, 0.717) is 23.9 Å². The van der Waals surface area contributed by atoms with Crippen LogP contribution in [-0.4, -0.2) is 66.7 Å². The summed E-state index contributed by atoms with van der Waals surface area (Å²) in [7, 11) is 5.69. The van der Waals surface area contributed by atoms with E-state index in [4.69, 9.17) is 0 Å². The molecular formula is C14H27N7. The summed E-state index contributed by atoms with van der Waals surface area (Å²) in [5.41, 5.74) is 0. The van der Waals surface area contributed by atoms with Gasteiger partial charge in [0.05, 0.1) is 0 Å². The van der Waals surface area contributed by atoms with Crippen LogP contribution in [-0.2, 0) is 0 Å². The Hall–Kier alpha value is -1.63. The largest absolute Gasteiger partial charge is 0.357 e. The number of piperidine rings is 1. The predicted octanol–water partition coefficient (Wildman–Crippen LogP) is 1.27. The summed E-state index contributed by atoms with van der Waals surface area (Å²) in [6.07, 6.45) is 3.50. The summed E-state index contributed by atoms with van der Waals surface area (Å²) in [6, 6.07) is 0.445. The van der Waals surface area contributed by atoms with Crippen molar-refractivity contribution >= 4 is 17.8 Å². The van der Waals surface area contributed by atoms with Crippen molar-refractivity contribution < 1.29 is 0 Å². The minimum absolute atomic E-state index is 0.445. The molecule has 1 saturated heterocycles. The van der Waals surface area contributed by atoms with Crippen LogP contribution in [0.15, 0.2) is 0 Å². The minimum atomic E-state index is 0.445. The highest BCUT2D eigenvalue weighted by Crippen LogP contribution is 2.17. The van der Waals surface area contributed by atoms with E-state index in [1.54, 1.807) is 0 Å². The summed E-state index contributed by atoms with van der Waals surface area (Å²) in [6.45, 7) is 5.73. The van der Waals surface area contributed by atoms with Crippen LogP contribution in [0.2, 0.25) is 0 Å². The molecule has 1 aromatic heterocycles. The second-order valence-electron chi connectivity index (χ2n) is 5.69. The van der Waals surface area contributed by atoms with Gasteiger partial charge in [-0.2, -0.15) is 15.0 Å². The number of likely N-dealkylation sites (tertiary alicyclic amines) is 1. The molecule has 0 atom stereocenters. The first-order valence-electron chi connectivity index (χ1n) is 7.72. The quantitative estimate of drug-likeness (QED) is 0.818. The Morgan fingerprint density at radius 3 is 2.38 bits per heavy atom. The van der Waals surface area contributed by atoms with Crippen molar-refractivity contribution in [3.8, 4) is 0 Å². The average Bonchev–Trinajstić information content (AvgIpc) is 2.49. The summed E-state index contributed by atoms with van der Waals surface area (Å²) in [4.78, 5) is 17.6. The van der Waals surface area contributed by atoms with Crippen LogP contribution < -0.4 is 15.5 Å². The molecule has 1 aromatic rings. The van der Waals surface area contributed by atoms with Crippen molar-refractivity contribution in [1.82, 2.24) is 19.9 Å². The lowest BCUT2D eigenvalue weighted by Gasteiger charge is -2.32. The number of nitrogens with one attached hydrogen (secondary N) is 2. The van der Waals surface area contributed by atoms with Gasteiger partial charge in [-0.15, -0.1) is 0 Å². The topological polar surface area (TPSA) is 69.2 Å². The molecule has 118 valence electrons. The van der Waals surface area contributed by atoms with E-state index in [1.807, 2.05) is 26.0 Å². The molecule has 7 heteroatoms. The van der Waals surface area contributed by atoms with E-state index in [0.717, 1.165) is 25.9 Å². The third-order valence-corrected chi connectivity index (χ3v) is 3.71. The van der Waals surface area contributed by atoms with Gasteiger partial charge in [0.2, 0.25) is 17.8 Å². The molecule has 0 spiro atoms. The van der Waals surface area contributed by atoms with Gasteiger partial charge in [0.1, 0.15) is 0 Å².